The Bertz CT molecular complexity index is 316. The minimum absolute atomic E-state index is 0.151. The van der Waals surface area contributed by atoms with Gasteiger partial charge in [0.05, 0.1) is 34.2 Å². The van der Waals surface area contributed by atoms with Gasteiger partial charge in [-0.15, -0.1) is 0 Å². The van der Waals surface area contributed by atoms with Gasteiger partial charge in [-0.3, -0.25) is 3.11 Å². The molecule has 62 valence electrons. The Balaban J connectivity index is 2.41. The van der Waals surface area contributed by atoms with E-state index >= 15 is 0 Å². The lowest BCUT2D eigenvalue weighted by Crippen LogP contribution is -2.27. The first kappa shape index (κ1) is 8.25. The summed E-state index contributed by atoms with van der Waals surface area (Å²) in [5.74, 6) is 0. The van der Waals surface area contributed by atoms with Crippen LogP contribution in [0.5, 0.6) is 0 Å². The molecular weight excluding hydrogens is 283 g/mol. The number of halogens is 1. The van der Waals surface area contributed by atoms with Crippen molar-refractivity contribution in [1.82, 2.24) is 0 Å². The molecule has 2 rings (SSSR count). The highest BCUT2D eigenvalue weighted by molar-refractivity contribution is 14.1. The summed E-state index contributed by atoms with van der Waals surface area (Å²) in [4.78, 5) is 0. The third kappa shape index (κ3) is 1.19. The van der Waals surface area contributed by atoms with Crippen LogP contribution in [-0.4, -0.2) is 11.5 Å². The van der Waals surface area contributed by atoms with Crippen LogP contribution in [0.3, 0.4) is 0 Å². The van der Waals surface area contributed by atoms with Crippen LogP contribution in [0.1, 0.15) is 0 Å². The standard InChI is InChI=1S/C8H7IN2S/c9-11-7-4-2-1-3-6(7)10-8(11)5-12/h1-5,8,10H. The zero-order valence-corrected chi connectivity index (χ0v) is 9.17. The summed E-state index contributed by atoms with van der Waals surface area (Å²) in [5, 5.41) is 5.02. The van der Waals surface area contributed by atoms with Crippen LogP contribution in [0.2, 0.25) is 0 Å². The number of nitrogens with zero attached hydrogens (tertiary/aromatic N) is 1. The van der Waals surface area contributed by atoms with Gasteiger partial charge in [-0.25, -0.2) is 0 Å². The van der Waals surface area contributed by atoms with Crippen LogP contribution in [0, 0.1) is 0 Å². The van der Waals surface area contributed by atoms with Crippen molar-refractivity contribution in [2.75, 3.05) is 8.43 Å². The van der Waals surface area contributed by atoms with E-state index < -0.39 is 0 Å². The SMILES string of the molecule is S=CC1Nc2ccccc2N1I. The molecule has 4 heteroatoms. The van der Waals surface area contributed by atoms with E-state index in [0.29, 0.717) is 0 Å². The zero-order chi connectivity index (χ0) is 8.55. The zero-order valence-electron chi connectivity index (χ0n) is 6.20. The quantitative estimate of drug-likeness (QED) is 0.486. The lowest BCUT2D eigenvalue weighted by atomic mass is 10.3. The predicted molar refractivity (Wildman–Crippen MR) is 64.0 cm³/mol. The molecule has 1 aromatic rings. The lowest BCUT2D eigenvalue weighted by Gasteiger charge is -2.13. The Hall–Kier alpha value is -0.360. The molecule has 0 fully saturated rings. The number of hydrogen-bond donors (Lipinski definition) is 1. The Labute approximate surface area is 90.4 Å². The number of anilines is 2. The molecule has 0 saturated carbocycles. The Morgan fingerprint density at radius 1 is 1.50 bits per heavy atom. The summed E-state index contributed by atoms with van der Waals surface area (Å²) in [5.41, 5.74) is 2.35. The molecule has 1 atom stereocenters. The second-order valence-electron chi connectivity index (χ2n) is 2.55. The van der Waals surface area contributed by atoms with Crippen LogP contribution < -0.4 is 8.43 Å². The van der Waals surface area contributed by atoms with Crippen LogP contribution >= 0.6 is 35.1 Å². The van der Waals surface area contributed by atoms with Gasteiger partial charge in [0, 0.05) is 5.37 Å². The average Bonchev–Trinajstić information content (AvgIpc) is 2.44. The third-order valence-electron chi connectivity index (χ3n) is 1.81. The van der Waals surface area contributed by atoms with Crippen molar-refractivity contribution in [2.45, 2.75) is 6.17 Å². The van der Waals surface area contributed by atoms with Crippen molar-refractivity contribution in [3.8, 4) is 0 Å². The summed E-state index contributed by atoms with van der Waals surface area (Å²) in [6.07, 6.45) is 0.151. The van der Waals surface area contributed by atoms with Gasteiger partial charge in [-0.1, -0.05) is 24.4 Å². The fourth-order valence-electron chi connectivity index (χ4n) is 1.24. The minimum atomic E-state index is 0.151. The lowest BCUT2D eigenvalue weighted by molar-refractivity contribution is 1.10. The van der Waals surface area contributed by atoms with Gasteiger partial charge in [0.2, 0.25) is 0 Å². The summed E-state index contributed by atoms with van der Waals surface area (Å²) < 4.78 is 2.10. The van der Waals surface area contributed by atoms with E-state index in [1.54, 1.807) is 5.37 Å². The van der Waals surface area contributed by atoms with E-state index in [0.717, 1.165) is 5.69 Å². The molecule has 1 aliphatic rings. The summed E-state index contributed by atoms with van der Waals surface area (Å²) in [6.45, 7) is 0. The molecule has 1 heterocycles. The Kier molecular flexibility index (Phi) is 2.18. The highest BCUT2D eigenvalue weighted by Gasteiger charge is 2.23. The molecule has 1 unspecified atom stereocenters. The first-order chi connectivity index (χ1) is 5.83. The molecule has 2 nitrogen and oxygen atoms in total. The molecule has 12 heavy (non-hydrogen) atoms. The van der Waals surface area contributed by atoms with E-state index in [1.807, 2.05) is 12.1 Å². The van der Waals surface area contributed by atoms with Crippen LogP contribution in [0.25, 0.3) is 0 Å². The van der Waals surface area contributed by atoms with Crippen molar-refractivity contribution in [3.05, 3.63) is 24.3 Å². The fraction of sp³-hybridized carbons (Fsp3) is 0.125. The van der Waals surface area contributed by atoms with Crippen molar-refractivity contribution in [2.24, 2.45) is 0 Å². The molecule has 0 saturated heterocycles. The van der Waals surface area contributed by atoms with Crippen molar-refractivity contribution in [1.29, 1.82) is 0 Å². The second kappa shape index (κ2) is 3.18. The predicted octanol–water partition coefficient (Wildman–Crippen LogP) is 2.59. The van der Waals surface area contributed by atoms with E-state index in [1.165, 1.54) is 5.69 Å². The molecule has 0 spiro atoms. The van der Waals surface area contributed by atoms with Crippen LogP contribution in [0.15, 0.2) is 24.3 Å². The summed E-state index contributed by atoms with van der Waals surface area (Å²) >= 11 is 7.16. The minimum Gasteiger partial charge on any atom is -0.359 e. The van der Waals surface area contributed by atoms with Gasteiger partial charge in [0.15, 0.2) is 0 Å². The van der Waals surface area contributed by atoms with E-state index in [2.05, 4.69) is 43.4 Å². The first-order valence-corrected chi connectivity index (χ1v) is 5.02. The molecule has 1 aromatic carbocycles. The number of para-hydroxylation sites is 2. The summed E-state index contributed by atoms with van der Waals surface area (Å²) in [6, 6.07) is 8.17. The summed E-state index contributed by atoms with van der Waals surface area (Å²) in [7, 11) is 0. The topological polar surface area (TPSA) is 15.3 Å². The van der Waals surface area contributed by atoms with Crippen molar-refractivity contribution < 1.29 is 0 Å². The maximum absolute atomic E-state index is 4.90. The van der Waals surface area contributed by atoms with Gasteiger partial charge >= 0.3 is 0 Å². The van der Waals surface area contributed by atoms with Gasteiger partial charge in [0.1, 0.15) is 6.17 Å². The number of hydrogen-bond acceptors (Lipinski definition) is 3. The first-order valence-electron chi connectivity index (χ1n) is 3.59. The molecule has 0 radical (unpaired) electrons. The molecule has 0 aromatic heterocycles. The molecule has 1 N–H and O–H groups in total. The number of nitrogens with one attached hydrogen (secondary N) is 1. The van der Waals surface area contributed by atoms with Gasteiger partial charge < -0.3 is 5.32 Å². The van der Waals surface area contributed by atoms with Crippen molar-refractivity contribution in [3.63, 3.8) is 0 Å². The highest BCUT2D eigenvalue weighted by atomic mass is 127. The number of fused-ring (bicyclic) bond motifs is 1. The van der Waals surface area contributed by atoms with Crippen LogP contribution in [0.4, 0.5) is 11.4 Å². The third-order valence-corrected chi connectivity index (χ3v) is 3.19. The van der Waals surface area contributed by atoms with Gasteiger partial charge in [-0.05, 0) is 12.1 Å². The average molecular weight is 290 g/mol. The largest absolute Gasteiger partial charge is 0.359 e. The highest BCUT2D eigenvalue weighted by Crippen LogP contribution is 2.35. The smallest absolute Gasteiger partial charge is 0.138 e. The van der Waals surface area contributed by atoms with E-state index in [9.17, 15) is 0 Å². The van der Waals surface area contributed by atoms with E-state index in [4.69, 9.17) is 12.2 Å². The van der Waals surface area contributed by atoms with E-state index in [-0.39, 0.29) is 6.17 Å². The number of benzene rings is 1. The number of thiocarbonyl (C=S) groups is 1. The maximum atomic E-state index is 4.90. The second-order valence-corrected chi connectivity index (χ2v) is 3.87. The Morgan fingerprint density at radius 2 is 2.25 bits per heavy atom. The number of rotatable bonds is 1. The molecule has 0 amide bonds. The van der Waals surface area contributed by atoms with Crippen LogP contribution in [-0.2, 0) is 0 Å². The molecule has 0 bridgehead atoms. The molecule has 1 aliphatic heterocycles. The van der Waals surface area contributed by atoms with Crippen molar-refractivity contribution >= 4 is 51.8 Å². The Morgan fingerprint density at radius 3 is 2.92 bits per heavy atom. The van der Waals surface area contributed by atoms with Gasteiger partial charge in [-0.2, -0.15) is 0 Å². The normalized spacial score (nSPS) is 20.1. The fourth-order valence-corrected chi connectivity index (χ4v) is 2.36. The molecule has 0 aliphatic carbocycles. The maximum Gasteiger partial charge on any atom is 0.138 e. The van der Waals surface area contributed by atoms with Gasteiger partial charge in [0.25, 0.3) is 0 Å². The monoisotopic (exact) mass is 290 g/mol. The molecular formula is C8H7IN2S.